The van der Waals surface area contributed by atoms with Gasteiger partial charge in [-0.2, -0.15) is 4.68 Å². The standard InChI is InChI=1S/C15H23N5OS2/c1-5-19-14(12-7-6-8-23-12)17-20(15(19)22)10-18(4)9-13(21)16-11(2)3/h6-8,11H,5,9-10H2,1-4H3,(H,16,21)/p+1. The topological polar surface area (TPSA) is 56.3 Å². The van der Waals surface area contributed by atoms with Crippen LogP contribution in [0, 0.1) is 4.77 Å². The van der Waals surface area contributed by atoms with Gasteiger partial charge in [-0.1, -0.05) is 6.07 Å². The lowest BCUT2D eigenvalue weighted by Crippen LogP contribution is -3.09. The number of thiophene rings is 1. The van der Waals surface area contributed by atoms with Crippen molar-refractivity contribution in [3.8, 4) is 10.7 Å². The van der Waals surface area contributed by atoms with Gasteiger partial charge in [0.25, 0.3) is 5.91 Å². The molecule has 2 heterocycles. The molecule has 0 aliphatic rings. The van der Waals surface area contributed by atoms with Gasteiger partial charge < -0.3 is 10.2 Å². The van der Waals surface area contributed by atoms with E-state index in [4.69, 9.17) is 12.2 Å². The van der Waals surface area contributed by atoms with E-state index in [1.54, 1.807) is 11.3 Å². The average Bonchev–Trinajstić information content (AvgIpc) is 3.06. The number of rotatable bonds is 7. The van der Waals surface area contributed by atoms with E-state index >= 15 is 0 Å². The zero-order valence-electron chi connectivity index (χ0n) is 14.0. The molecule has 0 aliphatic heterocycles. The lowest BCUT2D eigenvalue weighted by molar-refractivity contribution is -0.895. The summed E-state index contributed by atoms with van der Waals surface area (Å²) in [5.41, 5.74) is 0. The van der Waals surface area contributed by atoms with Crippen molar-refractivity contribution in [1.82, 2.24) is 19.7 Å². The van der Waals surface area contributed by atoms with Crippen molar-refractivity contribution in [2.75, 3.05) is 13.6 Å². The molecule has 0 spiro atoms. The van der Waals surface area contributed by atoms with Crippen molar-refractivity contribution in [1.29, 1.82) is 0 Å². The van der Waals surface area contributed by atoms with Crippen molar-refractivity contribution < 1.29 is 9.69 Å². The highest BCUT2D eigenvalue weighted by atomic mass is 32.1. The van der Waals surface area contributed by atoms with Crippen LogP contribution in [0.25, 0.3) is 10.7 Å². The number of likely N-dealkylation sites (N-methyl/N-ethyl adjacent to an activating group) is 1. The molecule has 0 bridgehead atoms. The van der Waals surface area contributed by atoms with E-state index in [-0.39, 0.29) is 11.9 Å². The first-order valence-electron chi connectivity index (χ1n) is 7.74. The van der Waals surface area contributed by atoms with E-state index in [0.29, 0.717) is 18.0 Å². The Hall–Kier alpha value is -1.51. The Morgan fingerprint density at radius 1 is 1.52 bits per heavy atom. The zero-order chi connectivity index (χ0) is 17.0. The second-order valence-corrected chi connectivity index (χ2v) is 7.15. The Balaban J connectivity index is 2.14. The van der Waals surface area contributed by atoms with Crippen LogP contribution in [0.4, 0.5) is 0 Å². The molecule has 8 heteroatoms. The van der Waals surface area contributed by atoms with E-state index < -0.39 is 0 Å². The van der Waals surface area contributed by atoms with Gasteiger partial charge in [-0.3, -0.25) is 9.36 Å². The molecule has 126 valence electrons. The molecule has 0 saturated carbocycles. The number of amides is 1. The minimum absolute atomic E-state index is 0.0393. The molecule has 2 N–H and O–H groups in total. The third kappa shape index (κ3) is 4.49. The number of hydrogen-bond acceptors (Lipinski definition) is 4. The van der Waals surface area contributed by atoms with Gasteiger partial charge in [0.1, 0.15) is 0 Å². The predicted molar refractivity (Wildman–Crippen MR) is 95.1 cm³/mol. The summed E-state index contributed by atoms with van der Waals surface area (Å²) in [5.74, 6) is 0.935. The summed E-state index contributed by atoms with van der Waals surface area (Å²) in [4.78, 5) is 14.0. The second kappa shape index (κ2) is 7.85. The Kier molecular flexibility index (Phi) is 6.09. The van der Waals surface area contributed by atoms with Crippen molar-refractivity contribution >= 4 is 29.5 Å². The number of nitrogens with one attached hydrogen (secondary N) is 2. The van der Waals surface area contributed by atoms with Crippen molar-refractivity contribution in [2.45, 2.75) is 40.0 Å². The maximum absolute atomic E-state index is 11.9. The SMILES string of the molecule is CCn1c(-c2cccs2)nn(C[NH+](C)CC(=O)NC(C)C)c1=S. The quantitative estimate of drug-likeness (QED) is 0.734. The van der Waals surface area contributed by atoms with Gasteiger partial charge in [-0.05, 0) is 44.4 Å². The van der Waals surface area contributed by atoms with E-state index in [1.807, 2.05) is 47.7 Å². The fourth-order valence-corrected chi connectivity index (χ4v) is 3.41. The number of hydrogen-bond donors (Lipinski definition) is 2. The number of nitrogens with zero attached hydrogens (tertiary/aromatic N) is 3. The van der Waals surface area contributed by atoms with E-state index in [0.717, 1.165) is 22.1 Å². The fraction of sp³-hybridized carbons (Fsp3) is 0.533. The van der Waals surface area contributed by atoms with E-state index in [2.05, 4.69) is 17.3 Å². The fourth-order valence-electron chi connectivity index (χ4n) is 2.38. The van der Waals surface area contributed by atoms with Crippen LogP contribution in [0.15, 0.2) is 17.5 Å². The highest BCUT2D eigenvalue weighted by molar-refractivity contribution is 7.71. The molecule has 1 atom stereocenters. The van der Waals surface area contributed by atoms with Gasteiger partial charge in [0, 0.05) is 12.6 Å². The second-order valence-electron chi connectivity index (χ2n) is 5.84. The van der Waals surface area contributed by atoms with Crippen LogP contribution in [0.2, 0.25) is 0 Å². The van der Waals surface area contributed by atoms with Gasteiger partial charge in [-0.25, -0.2) is 0 Å². The molecule has 6 nitrogen and oxygen atoms in total. The maximum Gasteiger partial charge on any atom is 0.275 e. The van der Waals surface area contributed by atoms with Gasteiger partial charge in [0.2, 0.25) is 4.77 Å². The van der Waals surface area contributed by atoms with Crippen LogP contribution in [0.3, 0.4) is 0 Å². The molecular weight excluding hydrogens is 330 g/mol. The summed E-state index contributed by atoms with van der Waals surface area (Å²) in [5, 5.41) is 9.60. The first-order chi connectivity index (χ1) is 10.9. The molecule has 2 aromatic heterocycles. The summed E-state index contributed by atoms with van der Waals surface area (Å²) in [6.07, 6.45) is 0. The Morgan fingerprint density at radius 2 is 2.26 bits per heavy atom. The largest absolute Gasteiger partial charge is 0.349 e. The molecule has 2 rings (SSSR count). The zero-order valence-corrected chi connectivity index (χ0v) is 15.6. The third-order valence-electron chi connectivity index (χ3n) is 3.31. The summed E-state index contributed by atoms with van der Waals surface area (Å²) in [6, 6.07) is 4.21. The summed E-state index contributed by atoms with van der Waals surface area (Å²) >= 11 is 7.19. The van der Waals surface area contributed by atoms with Crippen molar-refractivity contribution in [2.24, 2.45) is 0 Å². The molecule has 0 fully saturated rings. The van der Waals surface area contributed by atoms with Crippen LogP contribution in [-0.2, 0) is 18.0 Å². The van der Waals surface area contributed by atoms with Crippen molar-refractivity contribution in [3.63, 3.8) is 0 Å². The number of carbonyl (C=O) groups is 1. The van der Waals surface area contributed by atoms with Gasteiger partial charge in [-0.15, -0.1) is 16.4 Å². The molecule has 1 unspecified atom stereocenters. The van der Waals surface area contributed by atoms with Crippen LogP contribution in [0.5, 0.6) is 0 Å². The summed E-state index contributed by atoms with van der Waals surface area (Å²) < 4.78 is 4.54. The molecule has 0 aliphatic carbocycles. The van der Waals surface area contributed by atoms with Crippen LogP contribution < -0.4 is 10.2 Å². The summed E-state index contributed by atoms with van der Waals surface area (Å²) in [7, 11) is 1.97. The minimum atomic E-state index is 0.0393. The number of quaternary nitrogens is 1. The molecule has 0 aromatic carbocycles. The maximum atomic E-state index is 11.9. The number of carbonyl (C=O) groups excluding carboxylic acids is 1. The van der Waals surface area contributed by atoms with Gasteiger partial charge >= 0.3 is 0 Å². The van der Waals surface area contributed by atoms with E-state index in [1.165, 1.54) is 0 Å². The van der Waals surface area contributed by atoms with Gasteiger partial charge in [0.15, 0.2) is 19.0 Å². The normalized spacial score (nSPS) is 12.6. The molecule has 1 amide bonds. The molecule has 2 aromatic rings. The first kappa shape index (κ1) is 17.8. The minimum Gasteiger partial charge on any atom is -0.349 e. The highest BCUT2D eigenvalue weighted by Crippen LogP contribution is 2.23. The smallest absolute Gasteiger partial charge is 0.275 e. The first-order valence-corrected chi connectivity index (χ1v) is 9.03. The lowest BCUT2D eigenvalue weighted by Gasteiger charge is -2.14. The predicted octanol–water partition coefficient (Wildman–Crippen LogP) is 1.16. The lowest BCUT2D eigenvalue weighted by atomic mass is 10.4. The third-order valence-corrected chi connectivity index (χ3v) is 4.61. The molecule has 0 radical (unpaired) electrons. The van der Waals surface area contributed by atoms with Crippen molar-refractivity contribution in [3.05, 3.63) is 22.3 Å². The number of aromatic nitrogens is 3. The van der Waals surface area contributed by atoms with Crippen LogP contribution in [-0.4, -0.2) is 39.9 Å². The average molecular weight is 355 g/mol. The molecule has 0 saturated heterocycles. The Labute approximate surface area is 145 Å². The monoisotopic (exact) mass is 354 g/mol. The Morgan fingerprint density at radius 3 is 2.83 bits per heavy atom. The van der Waals surface area contributed by atoms with Crippen LogP contribution in [0.1, 0.15) is 20.8 Å². The van der Waals surface area contributed by atoms with E-state index in [9.17, 15) is 4.79 Å². The highest BCUT2D eigenvalue weighted by Gasteiger charge is 2.16. The molecule has 23 heavy (non-hydrogen) atoms. The Bertz CT molecular complexity index is 702. The molecular formula is C15H24N5OS2+. The van der Waals surface area contributed by atoms with Crippen LogP contribution >= 0.6 is 23.6 Å². The van der Waals surface area contributed by atoms with Gasteiger partial charge in [0.05, 0.1) is 11.9 Å². The summed E-state index contributed by atoms with van der Waals surface area (Å²) in [6.45, 7) is 7.71.